The number of carbonyl (C=O) groups is 1. The summed E-state index contributed by atoms with van der Waals surface area (Å²) in [7, 11) is 0. The second-order valence-corrected chi connectivity index (χ2v) is 6.56. The monoisotopic (exact) mass is 274 g/mol. The van der Waals surface area contributed by atoms with Crippen molar-refractivity contribution in [2.75, 3.05) is 5.88 Å². The molecule has 1 atom stereocenters. The number of nitrogens with zero attached hydrogens (tertiary/aromatic N) is 1. The Morgan fingerprint density at radius 1 is 1.59 bits per heavy atom. The van der Waals surface area contributed by atoms with E-state index in [1.807, 2.05) is 6.92 Å². The zero-order valence-electron chi connectivity index (χ0n) is 10.7. The molecular weight excluding hydrogens is 256 g/mol. The van der Waals surface area contributed by atoms with Crippen LogP contribution in [0.15, 0.2) is 5.38 Å². The van der Waals surface area contributed by atoms with E-state index in [0.29, 0.717) is 11.6 Å². The van der Waals surface area contributed by atoms with Crippen LogP contribution in [-0.2, 0) is 0 Å². The molecule has 0 aromatic carbocycles. The number of hydrogen-bond donors (Lipinski definition) is 1. The van der Waals surface area contributed by atoms with Crippen molar-refractivity contribution in [1.29, 1.82) is 0 Å². The number of thiazole rings is 1. The summed E-state index contributed by atoms with van der Waals surface area (Å²) in [6.45, 7) is 8.17. The highest BCUT2D eigenvalue weighted by Crippen LogP contribution is 2.22. The molecule has 0 saturated carbocycles. The first-order chi connectivity index (χ1) is 7.84. The first kappa shape index (κ1) is 14.5. The van der Waals surface area contributed by atoms with Crippen molar-refractivity contribution < 1.29 is 4.79 Å². The Hall–Kier alpha value is -0.610. The van der Waals surface area contributed by atoms with Crippen LogP contribution in [0.4, 0.5) is 0 Å². The summed E-state index contributed by atoms with van der Waals surface area (Å²) in [6.07, 6.45) is 0.764. The summed E-state index contributed by atoms with van der Waals surface area (Å²) >= 11 is 7.25. The molecule has 17 heavy (non-hydrogen) atoms. The SMILES string of the molecule is Cc1nc(C(=O)NC(CCCl)C(C)(C)C)cs1. The lowest BCUT2D eigenvalue weighted by atomic mass is 9.85. The Morgan fingerprint density at radius 2 is 2.24 bits per heavy atom. The minimum Gasteiger partial charge on any atom is -0.347 e. The van der Waals surface area contributed by atoms with Gasteiger partial charge in [-0.25, -0.2) is 4.98 Å². The summed E-state index contributed by atoms with van der Waals surface area (Å²) in [4.78, 5) is 16.2. The summed E-state index contributed by atoms with van der Waals surface area (Å²) in [6, 6.07) is 0.0644. The van der Waals surface area contributed by atoms with Crippen LogP contribution in [0.2, 0.25) is 0 Å². The maximum Gasteiger partial charge on any atom is 0.270 e. The normalized spacial score (nSPS) is 13.5. The Morgan fingerprint density at radius 3 is 2.65 bits per heavy atom. The highest BCUT2D eigenvalue weighted by atomic mass is 35.5. The second kappa shape index (κ2) is 5.83. The predicted octanol–water partition coefficient (Wildman–Crippen LogP) is 3.22. The molecule has 0 aliphatic rings. The fraction of sp³-hybridized carbons (Fsp3) is 0.667. The van der Waals surface area contributed by atoms with Crippen molar-refractivity contribution in [2.24, 2.45) is 5.41 Å². The lowest BCUT2D eigenvalue weighted by Crippen LogP contribution is -2.44. The smallest absolute Gasteiger partial charge is 0.270 e. The molecule has 0 saturated heterocycles. The van der Waals surface area contributed by atoms with Gasteiger partial charge < -0.3 is 5.32 Å². The number of alkyl halides is 1. The maximum absolute atomic E-state index is 12.0. The number of rotatable bonds is 4. The Labute approximate surface area is 112 Å². The fourth-order valence-corrected chi connectivity index (χ4v) is 2.34. The van der Waals surface area contributed by atoms with Gasteiger partial charge in [0.1, 0.15) is 5.69 Å². The Kier molecular flexibility index (Phi) is 4.95. The van der Waals surface area contributed by atoms with Gasteiger partial charge in [-0.1, -0.05) is 20.8 Å². The molecule has 0 radical (unpaired) electrons. The molecule has 0 fully saturated rings. The van der Waals surface area contributed by atoms with Crippen molar-refractivity contribution in [3.8, 4) is 0 Å². The molecule has 0 bridgehead atoms. The van der Waals surface area contributed by atoms with Crippen LogP contribution < -0.4 is 5.32 Å². The highest BCUT2D eigenvalue weighted by molar-refractivity contribution is 7.09. The largest absolute Gasteiger partial charge is 0.347 e. The molecule has 1 unspecified atom stereocenters. The molecule has 1 amide bonds. The fourth-order valence-electron chi connectivity index (χ4n) is 1.53. The van der Waals surface area contributed by atoms with Gasteiger partial charge in [0.2, 0.25) is 0 Å². The molecule has 1 rings (SSSR count). The van der Waals surface area contributed by atoms with E-state index in [2.05, 4.69) is 31.1 Å². The third kappa shape index (κ3) is 4.28. The molecule has 1 heterocycles. The van der Waals surface area contributed by atoms with Crippen molar-refractivity contribution in [2.45, 2.75) is 40.2 Å². The third-order valence-electron chi connectivity index (χ3n) is 2.60. The summed E-state index contributed by atoms with van der Waals surface area (Å²) in [5, 5.41) is 5.69. The summed E-state index contributed by atoms with van der Waals surface area (Å²) < 4.78 is 0. The van der Waals surface area contributed by atoms with E-state index in [0.717, 1.165) is 11.4 Å². The molecule has 96 valence electrons. The van der Waals surface area contributed by atoms with Crippen LogP contribution >= 0.6 is 22.9 Å². The van der Waals surface area contributed by atoms with Crippen molar-refractivity contribution in [3.05, 3.63) is 16.1 Å². The van der Waals surface area contributed by atoms with E-state index in [4.69, 9.17) is 11.6 Å². The van der Waals surface area contributed by atoms with Crippen molar-refractivity contribution in [3.63, 3.8) is 0 Å². The molecule has 0 spiro atoms. The Balaban J connectivity index is 2.71. The number of nitrogens with one attached hydrogen (secondary N) is 1. The van der Waals surface area contributed by atoms with Crippen LogP contribution in [0.3, 0.4) is 0 Å². The molecule has 1 aromatic rings. The van der Waals surface area contributed by atoms with Crippen molar-refractivity contribution >= 4 is 28.8 Å². The van der Waals surface area contributed by atoms with Gasteiger partial charge in [0.25, 0.3) is 5.91 Å². The number of carbonyl (C=O) groups excluding carboxylic acids is 1. The van der Waals surface area contributed by atoms with Crippen LogP contribution in [0.1, 0.15) is 42.7 Å². The quantitative estimate of drug-likeness (QED) is 0.857. The number of aryl methyl sites for hydroxylation is 1. The highest BCUT2D eigenvalue weighted by Gasteiger charge is 2.26. The molecule has 0 aliphatic heterocycles. The number of aromatic nitrogens is 1. The zero-order chi connectivity index (χ0) is 13.1. The van der Waals surface area contributed by atoms with Gasteiger partial charge in [0.05, 0.1) is 5.01 Å². The minimum absolute atomic E-state index is 0.00435. The van der Waals surface area contributed by atoms with Crippen molar-refractivity contribution in [1.82, 2.24) is 10.3 Å². The number of amides is 1. The van der Waals surface area contributed by atoms with Gasteiger partial charge in [0.15, 0.2) is 0 Å². The van der Waals surface area contributed by atoms with E-state index >= 15 is 0 Å². The second-order valence-electron chi connectivity index (χ2n) is 5.12. The zero-order valence-corrected chi connectivity index (χ0v) is 12.3. The van der Waals surface area contributed by atoms with Gasteiger partial charge >= 0.3 is 0 Å². The summed E-state index contributed by atoms with van der Waals surface area (Å²) in [5.41, 5.74) is 0.492. The molecule has 1 aromatic heterocycles. The third-order valence-corrected chi connectivity index (χ3v) is 3.59. The predicted molar refractivity (Wildman–Crippen MR) is 72.9 cm³/mol. The van der Waals surface area contributed by atoms with Crippen LogP contribution in [0, 0.1) is 12.3 Å². The van der Waals surface area contributed by atoms with E-state index < -0.39 is 0 Å². The van der Waals surface area contributed by atoms with Gasteiger partial charge in [-0.3, -0.25) is 4.79 Å². The lowest BCUT2D eigenvalue weighted by Gasteiger charge is -2.30. The summed E-state index contributed by atoms with van der Waals surface area (Å²) in [5.74, 6) is 0.428. The van der Waals surface area contributed by atoms with Crippen LogP contribution in [-0.4, -0.2) is 22.8 Å². The van der Waals surface area contributed by atoms with Gasteiger partial charge in [-0.15, -0.1) is 22.9 Å². The van der Waals surface area contributed by atoms with Crippen LogP contribution in [0.5, 0.6) is 0 Å². The average Bonchev–Trinajstić information content (AvgIpc) is 2.62. The first-order valence-corrected chi connectivity index (χ1v) is 7.05. The first-order valence-electron chi connectivity index (χ1n) is 5.63. The van der Waals surface area contributed by atoms with Gasteiger partial charge in [-0.2, -0.15) is 0 Å². The molecule has 3 nitrogen and oxygen atoms in total. The lowest BCUT2D eigenvalue weighted by molar-refractivity contribution is 0.0896. The maximum atomic E-state index is 12.0. The number of hydrogen-bond acceptors (Lipinski definition) is 3. The molecule has 5 heteroatoms. The van der Waals surface area contributed by atoms with E-state index in [1.54, 1.807) is 5.38 Å². The van der Waals surface area contributed by atoms with E-state index in [1.165, 1.54) is 11.3 Å². The minimum atomic E-state index is -0.112. The van der Waals surface area contributed by atoms with Crippen LogP contribution in [0.25, 0.3) is 0 Å². The molecule has 0 aliphatic carbocycles. The Bertz CT molecular complexity index is 384. The van der Waals surface area contributed by atoms with E-state index in [9.17, 15) is 4.79 Å². The standard InChI is InChI=1S/C12H19ClN2OS/c1-8-14-9(7-17-8)11(16)15-10(5-6-13)12(2,3)4/h7,10H,5-6H2,1-4H3,(H,15,16). The van der Waals surface area contributed by atoms with Gasteiger partial charge in [-0.05, 0) is 18.8 Å². The average molecular weight is 275 g/mol. The topological polar surface area (TPSA) is 42.0 Å². The molecule has 1 N–H and O–H groups in total. The molecular formula is C12H19ClN2OS. The van der Waals surface area contributed by atoms with Gasteiger partial charge in [0, 0.05) is 17.3 Å². The number of halogens is 1. The van der Waals surface area contributed by atoms with E-state index in [-0.39, 0.29) is 17.4 Å².